The lowest BCUT2D eigenvalue weighted by Gasteiger charge is -2.00. The third-order valence-corrected chi connectivity index (χ3v) is 2.75. The molecule has 4 nitrogen and oxygen atoms in total. The highest BCUT2D eigenvalue weighted by Gasteiger charge is 2.13. The predicted molar refractivity (Wildman–Crippen MR) is 47.6 cm³/mol. The Kier molecular flexibility index (Phi) is 2.70. The molecule has 13 heavy (non-hydrogen) atoms. The smallest absolute Gasteiger partial charge is 0.239 e. The summed E-state index contributed by atoms with van der Waals surface area (Å²) in [7, 11) is -3.88. The Morgan fingerprint density at radius 2 is 2.00 bits per heavy atom. The molecule has 0 fully saturated rings. The van der Waals surface area contributed by atoms with E-state index in [0.717, 1.165) is 6.07 Å². The van der Waals surface area contributed by atoms with E-state index in [1.54, 1.807) is 0 Å². The van der Waals surface area contributed by atoms with E-state index in [4.69, 9.17) is 16.7 Å². The topological polar surface area (TPSA) is 77.2 Å². The van der Waals surface area contributed by atoms with E-state index in [9.17, 15) is 13.2 Å². The molecule has 0 saturated heterocycles. The van der Waals surface area contributed by atoms with Gasteiger partial charge in [0.2, 0.25) is 16.3 Å². The lowest BCUT2D eigenvalue weighted by atomic mass is 10.2. The number of nitrogens with two attached hydrogens (primary N) is 1. The van der Waals surface area contributed by atoms with Crippen LogP contribution in [0.3, 0.4) is 0 Å². The van der Waals surface area contributed by atoms with Crippen molar-refractivity contribution in [2.45, 2.75) is 4.90 Å². The van der Waals surface area contributed by atoms with Gasteiger partial charge in [-0.05, 0) is 18.2 Å². The minimum absolute atomic E-state index is 0.0125. The van der Waals surface area contributed by atoms with E-state index in [0.29, 0.717) is 0 Å². The molecule has 0 unspecified atom stereocenters. The van der Waals surface area contributed by atoms with Crippen LogP contribution in [-0.2, 0) is 14.8 Å². The van der Waals surface area contributed by atoms with Gasteiger partial charge in [-0.2, -0.15) is 0 Å². The molecule has 0 aliphatic heterocycles. The molecule has 6 heteroatoms. The zero-order valence-corrected chi connectivity index (χ0v) is 7.89. The molecule has 0 bridgehead atoms. The van der Waals surface area contributed by atoms with E-state index >= 15 is 0 Å². The molecule has 0 aliphatic carbocycles. The fraction of sp³-hybridized carbons (Fsp3) is 0. The van der Waals surface area contributed by atoms with E-state index in [1.165, 1.54) is 18.4 Å². The van der Waals surface area contributed by atoms with Gasteiger partial charge >= 0.3 is 0 Å². The molecule has 0 amide bonds. The number of benzene rings is 1. The summed E-state index contributed by atoms with van der Waals surface area (Å²) in [5.74, 6) is 0. The van der Waals surface area contributed by atoms with Crippen molar-refractivity contribution in [1.82, 2.24) is 0 Å². The average Bonchev–Trinajstić information content (AvgIpc) is 2.03. The van der Waals surface area contributed by atoms with Crippen molar-refractivity contribution in [3.8, 4) is 0 Å². The fourth-order valence-corrected chi connectivity index (χ4v) is 1.86. The minimum Gasteiger partial charge on any atom is -0.285 e. The minimum atomic E-state index is -3.88. The highest BCUT2D eigenvalue weighted by atomic mass is 35.5. The van der Waals surface area contributed by atoms with E-state index in [1.807, 2.05) is 0 Å². The number of halogens is 1. The molecule has 1 rings (SSSR count). The second-order valence-electron chi connectivity index (χ2n) is 2.29. The van der Waals surface area contributed by atoms with Crippen LogP contribution in [0.25, 0.3) is 0 Å². The van der Waals surface area contributed by atoms with Crippen LogP contribution >= 0.6 is 11.6 Å². The van der Waals surface area contributed by atoms with Crippen molar-refractivity contribution in [2.75, 3.05) is 0 Å². The van der Waals surface area contributed by atoms with Crippen LogP contribution in [0.5, 0.6) is 0 Å². The molecular formula is C7H5ClNO3S. The Bertz CT molecular complexity index is 441. The van der Waals surface area contributed by atoms with Gasteiger partial charge in [0.15, 0.2) is 0 Å². The third kappa shape index (κ3) is 2.27. The van der Waals surface area contributed by atoms with Gasteiger partial charge in [0.05, 0.1) is 5.02 Å². The second kappa shape index (κ2) is 3.45. The first kappa shape index (κ1) is 10.2. The van der Waals surface area contributed by atoms with Crippen molar-refractivity contribution < 1.29 is 13.2 Å². The van der Waals surface area contributed by atoms with Crippen molar-refractivity contribution in [3.05, 3.63) is 28.8 Å². The fourth-order valence-electron chi connectivity index (χ4n) is 0.785. The van der Waals surface area contributed by atoms with Gasteiger partial charge in [0, 0.05) is 5.56 Å². The van der Waals surface area contributed by atoms with Crippen LogP contribution in [0.1, 0.15) is 5.56 Å². The van der Waals surface area contributed by atoms with Crippen LogP contribution in [0.4, 0.5) is 0 Å². The molecule has 2 N–H and O–H groups in total. The first-order valence-electron chi connectivity index (χ1n) is 3.15. The third-order valence-electron chi connectivity index (χ3n) is 1.36. The molecule has 1 radical (unpaired) electrons. The lowest BCUT2D eigenvalue weighted by Crippen LogP contribution is -2.13. The van der Waals surface area contributed by atoms with Crippen LogP contribution in [0.2, 0.25) is 5.02 Å². The zero-order chi connectivity index (χ0) is 10.1. The Hall–Kier alpha value is -0.910. The monoisotopic (exact) mass is 218 g/mol. The average molecular weight is 219 g/mol. The SMILES string of the molecule is NS(=O)(=O)c1cc([C]=O)ccc1Cl. The van der Waals surface area contributed by atoms with Crippen molar-refractivity contribution in [1.29, 1.82) is 0 Å². The Balaban J connectivity index is 3.44. The normalized spacial score (nSPS) is 11.2. The maximum Gasteiger partial charge on any atom is 0.239 e. The molecule has 1 aromatic carbocycles. The highest BCUT2D eigenvalue weighted by Crippen LogP contribution is 2.20. The van der Waals surface area contributed by atoms with Gasteiger partial charge in [-0.25, -0.2) is 13.6 Å². The summed E-state index contributed by atoms with van der Waals surface area (Å²) in [6.45, 7) is 0. The predicted octanol–water partition coefficient (Wildman–Crippen LogP) is 0.445. The summed E-state index contributed by atoms with van der Waals surface area (Å²) in [6.07, 6.45) is 1.54. The molecule has 0 spiro atoms. The second-order valence-corrected chi connectivity index (χ2v) is 4.23. The summed E-state index contributed by atoms with van der Waals surface area (Å²) in [5.41, 5.74) is 0.0911. The highest BCUT2D eigenvalue weighted by molar-refractivity contribution is 7.89. The number of hydrogen-bond donors (Lipinski definition) is 1. The molecule has 0 atom stereocenters. The Labute approximate surface area is 80.4 Å². The number of primary sulfonamides is 1. The molecule has 0 aromatic heterocycles. The molecule has 0 heterocycles. The summed E-state index contributed by atoms with van der Waals surface area (Å²) >= 11 is 5.55. The quantitative estimate of drug-likeness (QED) is 0.783. The molecule has 0 aliphatic rings. The van der Waals surface area contributed by atoms with Crippen molar-refractivity contribution in [3.63, 3.8) is 0 Å². The van der Waals surface area contributed by atoms with Gasteiger partial charge in [-0.3, -0.25) is 4.79 Å². The maximum atomic E-state index is 10.9. The standard InChI is InChI=1S/C7H5ClNO3S/c8-6-2-1-5(4-10)3-7(6)13(9,11)12/h1-3H,(H2,9,11,12). The Morgan fingerprint density at radius 3 is 2.46 bits per heavy atom. The first-order valence-corrected chi connectivity index (χ1v) is 5.08. The van der Waals surface area contributed by atoms with Gasteiger partial charge in [0.25, 0.3) is 0 Å². The van der Waals surface area contributed by atoms with Gasteiger partial charge in [0.1, 0.15) is 4.90 Å². The van der Waals surface area contributed by atoms with Crippen LogP contribution in [0.15, 0.2) is 23.1 Å². The van der Waals surface area contributed by atoms with Crippen molar-refractivity contribution in [2.24, 2.45) is 5.14 Å². The van der Waals surface area contributed by atoms with E-state index in [-0.39, 0.29) is 15.5 Å². The summed E-state index contributed by atoms with van der Waals surface area (Å²) in [4.78, 5) is 9.92. The molecule has 1 aromatic rings. The number of rotatable bonds is 2. The van der Waals surface area contributed by atoms with Gasteiger partial charge < -0.3 is 0 Å². The van der Waals surface area contributed by atoms with Crippen LogP contribution in [-0.4, -0.2) is 14.7 Å². The van der Waals surface area contributed by atoms with Gasteiger partial charge in [-0.1, -0.05) is 11.6 Å². The molecule has 69 valence electrons. The summed E-state index contributed by atoms with van der Waals surface area (Å²) < 4.78 is 21.8. The van der Waals surface area contributed by atoms with Gasteiger partial charge in [-0.15, -0.1) is 0 Å². The van der Waals surface area contributed by atoms with E-state index < -0.39 is 10.0 Å². The first-order chi connectivity index (χ1) is 5.95. The number of hydrogen-bond acceptors (Lipinski definition) is 3. The van der Waals surface area contributed by atoms with E-state index in [2.05, 4.69) is 0 Å². The lowest BCUT2D eigenvalue weighted by molar-refractivity contribution is 0.562. The molecule has 0 saturated carbocycles. The number of carbonyl (C=O) groups excluding carboxylic acids is 1. The maximum absolute atomic E-state index is 10.9. The van der Waals surface area contributed by atoms with Crippen LogP contribution in [0, 0.1) is 0 Å². The molecular weight excluding hydrogens is 214 g/mol. The van der Waals surface area contributed by atoms with Crippen LogP contribution < -0.4 is 5.14 Å². The van der Waals surface area contributed by atoms with Crippen molar-refractivity contribution >= 4 is 27.9 Å². The summed E-state index contributed by atoms with van der Waals surface area (Å²) in [6, 6.07) is 3.70. The Morgan fingerprint density at radius 1 is 1.38 bits per heavy atom. The largest absolute Gasteiger partial charge is 0.285 e. The number of sulfonamides is 1. The summed E-state index contributed by atoms with van der Waals surface area (Å²) in [5, 5.41) is 4.83. The zero-order valence-electron chi connectivity index (χ0n) is 6.32.